The van der Waals surface area contributed by atoms with Crippen LogP contribution in [0.25, 0.3) is 28.2 Å². The molecule has 31 heavy (non-hydrogen) atoms. The molecule has 2 heteroatoms. The lowest BCUT2D eigenvalue weighted by molar-refractivity contribution is 0.806. The van der Waals surface area contributed by atoms with Crippen LogP contribution in [0.5, 0.6) is 0 Å². The van der Waals surface area contributed by atoms with Gasteiger partial charge in [-0.15, -0.1) is 0 Å². The molecule has 0 atom stereocenters. The fourth-order valence-corrected chi connectivity index (χ4v) is 5.01. The van der Waals surface area contributed by atoms with Crippen LogP contribution < -0.4 is 0 Å². The molecule has 1 aromatic heterocycles. The molecule has 5 rings (SSSR count). The van der Waals surface area contributed by atoms with Crippen molar-refractivity contribution in [3.05, 3.63) is 94.8 Å². The number of aryl methyl sites for hydroxylation is 1. The van der Waals surface area contributed by atoms with E-state index in [9.17, 15) is 0 Å². The third-order valence-corrected chi connectivity index (χ3v) is 6.50. The van der Waals surface area contributed by atoms with Crippen LogP contribution in [-0.4, -0.2) is 9.55 Å². The van der Waals surface area contributed by atoms with Crippen molar-refractivity contribution >= 4 is 0 Å². The van der Waals surface area contributed by atoms with Gasteiger partial charge in [0, 0.05) is 11.8 Å². The third-order valence-electron chi connectivity index (χ3n) is 6.50. The Bertz CT molecular complexity index is 1250. The number of fused-ring (bicyclic) bond motifs is 3. The Morgan fingerprint density at radius 2 is 1.35 bits per heavy atom. The summed E-state index contributed by atoms with van der Waals surface area (Å²) in [7, 11) is 0. The summed E-state index contributed by atoms with van der Waals surface area (Å²) >= 11 is 0. The molecular formula is C29H30N2. The van der Waals surface area contributed by atoms with Crippen LogP contribution >= 0.6 is 0 Å². The highest BCUT2D eigenvalue weighted by Crippen LogP contribution is 2.42. The van der Waals surface area contributed by atoms with E-state index in [0.29, 0.717) is 11.8 Å². The number of para-hydroxylation sites is 1. The van der Waals surface area contributed by atoms with Gasteiger partial charge < -0.3 is 0 Å². The molecule has 0 unspecified atom stereocenters. The summed E-state index contributed by atoms with van der Waals surface area (Å²) in [4.78, 5) is 5.06. The van der Waals surface area contributed by atoms with Crippen molar-refractivity contribution < 1.29 is 0 Å². The van der Waals surface area contributed by atoms with Gasteiger partial charge in [0.25, 0.3) is 0 Å². The zero-order chi connectivity index (χ0) is 21.7. The number of imidazole rings is 1. The Labute approximate surface area is 185 Å². The maximum Gasteiger partial charge on any atom is 0.145 e. The van der Waals surface area contributed by atoms with Crippen LogP contribution in [0, 0.1) is 6.92 Å². The minimum atomic E-state index is 0.440. The van der Waals surface area contributed by atoms with Crippen molar-refractivity contribution in [1.82, 2.24) is 9.55 Å². The Morgan fingerprint density at radius 3 is 2.06 bits per heavy atom. The maximum atomic E-state index is 5.06. The molecule has 0 fully saturated rings. The van der Waals surface area contributed by atoms with Crippen LogP contribution in [0.15, 0.2) is 66.9 Å². The first kappa shape index (κ1) is 19.8. The van der Waals surface area contributed by atoms with Gasteiger partial charge in [0.1, 0.15) is 5.82 Å². The maximum absolute atomic E-state index is 5.06. The van der Waals surface area contributed by atoms with Crippen molar-refractivity contribution in [1.29, 1.82) is 0 Å². The summed E-state index contributed by atoms with van der Waals surface area (Å²) in [6.07, 6.45) is 3.18. The first-order valence-electron chi connectivity index (χ1n) is 11.4. The van der Waals surface area contributed by atoms with Gasteiger partial charge in [-0.05, 0) is 58.6 Å². The Balaban J connectivity index is 1.77. The van der Waals surface area contributed by atoms with Gasteiger partial charge in [0.05, 0.1) is 11.4 Å². The van der Waals surface area contributed by atoms with Gasteiger partial charge in [0.2, 0.25) is 0 Å². The molecule has 0 aliphatic heterocycles. The third kappa shape index (κ3) is 3.22. The minimum Gasteiger partial charge on any atom is -0.299 e. The lowest BCUT2D eigenvalue weighted by Gasteiger charge is -2.22. The van der Waals surface area contributed by atoms with Crippen molar-refractivity contribution in [2.24, 2.45) is 0 Å². The number of hydrogen-bond acceptors (Lipinski definition) is 1. The molecule has 1 heterocycles. The Hall–Kier alpha value is -3.13. The molecule has 0 N–H and O–H groups in total. The summed E-state index contributed by atoms with van der Waals surface area (Å²) in [6.45, 7) is 11.2. The van der Waals surface area contributed by atoms with E-state index >= 15 is 0 Å². The Kier molecular flexibility index (Phi) is 4.81. The lowest BCUT2D eigenvalue weighted by atomic mass is 9.92. The van der Waals surface area contributed by atoms with E-state index in [1.54, 1.807) is 0 Å². The second kappa shape index (κ2) is 7.53. The lowest BCUT2D eigenvalue weighted by Crippen LogP contribution is -2.08. The highest BCUT2D eigenvalue weighted by molar-refractivity contribution is 5.83. The summed E-state index contributed by atoms with van der Waals surface area (Å²) in [5.74, 6) is 1.93. The number of aromatic nitrogens is 2. The number of nitrogens with zero attached hydrogens (tertiary/aromatic N) is 2. The van der Waals surface area contributed by atoms with Crippen LogP contribution in [0.2, 0.25) is 0 Å². The van der Waals surface area contributed by atoms with E-state index < -0.39 is 0 Å². The van der Waals surface area contributed by atoms with Crippen LogP contribution in [0.3, 0.4) is 0 Å². The van der Waals surface area contributed by atoms with E-state index in [4.69, 9.17) is 4.98 Å². The number of hydrogen-bond donors (Lipinski definition) is 0. The van der Waals surface area contributed by atoms with Crippen molar-refractivity contribution in [3.63, 3.8) is 0 Å². The predicted molar refractivity (Wildman–Crippen MR) is 130 cm³/mol. The van der Waals surface area contributed by atoms with Gasteiger partial charge in [0.15, 0.2) is 0 Å². The predicted octanol–water partition coefficient (Wildman–Crippen LogP) is 7.67. The van der Waals surface area contributed by atoms with Gasteiger partial charge in [-0.1, -0.05) is 88.4 Å². The minimum absolute atomic E-state index is 0.440. The average molecular weight is 407 g/mol. The summed E-state index contributed by atoms with van der Waals surface area (Å²) in [5, 5.41) is 0. The second-order valence-electron chi connectivity index (χ2n) is 9.34. The fraction of sp³-hybridized carbons (Fsp3) is 0.276. The second-order valence-corrected chi connectivity index (χ2v) is 9.34. The Morgan fingerprint density at radius 1 is 0.742 bits per heavy atom. The molecule has 156 valence electrons. The van der Waals surface area contributed by atoms with Crippen LogP contribution in [0.1, 0.15) is 67.5 Å². The highest BCUT2D eigenvalue weighted by atomic mass is 15.1. The molecule has 1 aliphatic rings. The standard InChI is InChI=1S/C29H30N2/c1-18(2)22-12-8-13-23(19(3)4)28(22)31-17-20(5)30-29(31)26-15-9-14-25-24-11-7-6-10-21(24)16-27(25)26/h6-15,17-19H,16H2,1-5H3. The average Bonchev–Trinajstić information content (AvgIpc) is 3.33. The van der Waals surface area contributed by atoms with E-state index in [1.165, 1.54) is 44.6 Å². The van der Waals surface area contributed by atoms with Crippen molar-refractivity contribution in [3.8, 4) is 28.2 Å². The molecule has 0 saturated heterocycles. The first-order valence-corrected chi connectivity index (χ1v) is 11.4. The molecule has 0 bridgehead atoms. The fourth-order valence-electron chi connectivity index (χ4n) is 5.01. The van der Waals surface area contributed by atoms with Gasteiger partial charge >= 0.3 is 0 Å². The van der Waals surface area contributed by atoms with Gasteiger partial charge in [-0.2, -0.15) is 0 Å². The largest absolute Gasteiger partial charge is 0.299 e. The summed E-state index contributed by atoms with van der Waals surface area (Å²) in [6, 6.07) is 22.2. The molecular weight excluding hydrogens is 376 g/mol. The van der Waals surface area contributed by atoms with Gasteiger partial charge in [-0.3, -0.25) is 4.57 Å². The normalized spacial score (nSPS) is 12.5. The van der Waals surface area contributed by atoms with E-state index in [2.05, 4.69) is 106 Å². The smallest absolute Gasteiger partial charge is 0.145 e. The number of benzene rings is 3. The van der Waals surface area contributed by atoms with Gasteiger partial charge in [-0.25, -0.2) is 4.98 Å². The molecule has 2 nitrogen and oxygen atoms in total. The highest BCUT2D eigenvalue weighted by Gasteiger charge is 2.25. The zero-order valence-corrected chi connectivity index (χ0v) is 19.1. The monoisotopic (exact) mass is 406 g/mol. The summed E-state index contributed by atoms with van der Waals surface area (Å²) < 4.78 is 2.36. The van der Waals surface area contributed by atoms with Crippen LogP contribution in [-0.2, 0) is 6.42 Å². The molecule has 0 amide bonds. The quantitative estimate of drug-likeness (QED) is 0.299. The topological polar surface area (TPSA) is 17.8 Å². The van der Waals surface area contributed by atoms with E-state index in [-0.39, 0.29) is 0 Å². The molecule has 3 aromatic carbocycles. The summed E-state index contributed by atoms with van der Waals surface area (Å²) in [5.41, 5.74) is 11.9. The van der Waals surface area contributed by atoms with Crippen LogP contribution in [0.4, 0.5) is 0 Å². The SMILES string of the molecule is Cc1cn(-c2c(C(C)C)cccc2C(C)C)c(-c2cccc3c2Cc2ccccc2-3)n1. The van der Waals surface area contributed by atoms with E-state index in [1.807, 2.05) is 0 Å². The number of rotatable bonds is 4. The molecule has 4 aromatic rings. The molecule has 1 aliphatic carbocycles. The van der Waals surface area contributed by atoms with Crippen molar-refractivity contribution in [2.45, 2.75) is 52.9 Å². The van der Waals surface area contributed by atoms with E-state index in [0.717, 1.165) is 17.9 Å². The molecule has 0 radical (unpaired) electrons. The first-order chi connectivity index (χ1) is 15.0. The zero-order valence-electron chi connectivity index (χ0n) is 19.1. The molecule has 0 saturated carbocycles. The molecule has 0 spiro atoms. The van der Waals surface area contributed by atoms with Crippen molar-refractivity contribution in [2.75, 3.05) is 0 Å².